The zero-order chi connectivity index (χ0) is 19.9. The predicted molar refractivity (Wildman–Crippen MR) is 98.5 cm³/mol. The number of nitrogens with zero attached hydrogens (tertiary/aromatic N) is 2. The second kappa shape index (κ2) is 8.54. The summed E-state index contributed by atoms with van der Waals surface area (Å²) in [5.41, 5.74) is 0.642. The number of benzene rings is 2. The molecule has 0 aliphatic rings. The van der Waals surface area contributed by atoms with Gasteiger partial charge in [0, 0.05) is 30.1 Å². The molecule has 1 aromatic heterocycles. The number of nitro benzene ring substituents is 1. The number of hydrogen-bond acceptors (Lipinski definition) is 7. The van der Waals surface area contributed by atoms with E-state index in [1.165, 1.54) is 48.8 Å². The maximum Gasteiger partial charge on any atom is 0.338 e. The summed E-state index contributed by atoms with van der Waals surface area (Å²) in [6.07, 6.45) is 2.92. The lowest BCUT2D eigenvalue weighted by Crippen LogP contribution is -2.14. The maximum atomic E-state index is 12.2. The number of carbonyl (C=O) groups is 2. The summed E-state index contributed by atoms with van der Waals surface area (Å²) in [6.45, 7) is -0.385. The smallest absolute Gasteiger partial charge is 0.338 e. The Kier molecular flexibility index (Phi) is 5.71. The quantitative estimate of drug-likeness (QED) is 0.266. The van der Waals surface area contributed by atoms with E-state index in [0.717, 1.165) is 0 Å². The van der Waals surface area contributed by atoms with E-state index in [1.54, 1.807) is 24.3 Å². The third-order valence-corrected chi connectivity index (χ3v) is 3.71. The van der Waals surface area contributed by atoms with Crippen molar-refractivity contribution in [3.63, 3.8) is 0 Å². The van der Waals surface area contributed by atoms with Crippen molar-refractivity contribution in [1.29, 1.82) is 0 Å². The van der Waals surface area contributed by atoms with E-state index in [4.69, 9.17) is 9.47 Å². The van der Waals surface area contributed by atoms with E-state index >= 15 is 0 Å². The van der Waals surface area contributed by atoms with Crippen LogP contribution in [0.3, 0.4) is 0 Å². The molecule has 0 radical (unpaired) electrons. The van der Waals surface area contributed by atoms with Crippen LogP contribution >= 0.6 is 0 Å². The number of nitro groups is 1. The fraction of sp³-hybridized carbons (Fsp3) is 0.0500. The lowest BCUT2D eigenvalue weighted by molar-refractivity contribution is -0.384. The summed E-state index contributed by atoms with van der Waals surface area (Å²) >= 11 is 0. The average Bonchev–Trinajstić information content (AvgIpc) is 2.73. The number of Topliss-reactive ketones (excluding diaryl/α,β-unsaturated/α-hetero) is 1. The molecule has 140 valence electrons. The highest BCUT2D eigenvalue weighted by Gasteiger charge is 2.12. The van der Waals surface area contributed by atoms with Gasteiger partial charge in [-0.05, 0) is 48.5 Å². The number of carbonyl (C=O) groups excluding carboxylic acids is 2. The molecule has 0 aliphatic heterocycles. The van der Waals surface area contributed by atoms with Crippen LogP contribution < -0.4 is 4.74 Å². The number of hydrogen-bond donors (Lipinski definition) is 0. The Balaban J connectivity index is 1.56. The first-order valence-electron chi connectivity index (χ1n) is 8.15. The monoisotopic (exact) mass is 378 g/mol. The molecule has 0 spiro atoms. The molecule has 0 unspecified atom stereocenters. The van der Waals surface area contributed by atoms with Crippen LogP contribution in [0.15, 0.2) is 73.1 Å². The predicted octanol–water partition coefficient (Wildman–Crippen LogP) is 3.82. The molecule has 0 N–H and O–H groups in total. The minimum atomic E-state index is -0.603. The third-order valence-electron chi connectivity index (χ3n) is 3.71. The van der Waals surface area contributed by atoms with E-state index in [9.17, 15) is 19.7 Å². The zero-order valence-corrected chi connectivity index (χ0v) is 14.5. The van der Waals surface area contributed by atoms with Gasteiger partial charge in [-0.1, -0.05) is 0 Å². The van der Waals surface area contributed by atoms with Crippen LogP contribution in [0, 0.1) is 10.1 Å². The maximum absolute atomic E-state index is 12.2. The molecule has 0 amide bonds. The van der Waals surface area contributed by atoms with Crippen molar-refractivity contribution in [2.75, 3.05) is 6.61 Å². The standard InChI is InChI=1S/C20H14N2O6/c23-19(13-27-20(24)15-9-11-21-12-10-15)14-1-5-17(6-2-14)28-18-7-3-16(4-8-18)22(25)26/h1-12H,13H2. The van der Waals surface area contributed by atoms with Crippen LogP contribution in [0.2, 0.25) is 0 Å². The normalized spacial score (nSPS) is 10.1. The largest absolute Gasteiger partial charge is 0.457 e. The second-order valence-corrected chi connectivity index (χ2v) is 5.61. The SMILES string of the molecule is O=C(COC(=O)c1ccncc1)c1ccc(Oc2ccc([N+](=O)[O-])cc2)cc1. The van der Waals surface area contributed by atoms with Gasteiger partial charge in [0.25, 0.3) is 5.69 Å². The molecule has 8 nitrogen and oxygen atoms in total. The van der Waals surface area contributed by atoms with Crippen molar-refractivity contribution in [3.8, 4) is 11.5 Å². The lowest BCUT2D eigenvalue weighted by Gasteiger charge is -2.07. The van der Waals surface area contributed by atoms with Crippen LogP contribution in [0.4, 0.5) is 5.69 Å². The molecule has 0 fully saturated rings. The van der Waals surface area contributed by atoms with E-state index in [1.807, 2.05) is 0 Å². The van der Waals surface area contributed by atoms with Crippen LogP contribution in [0.5, 0.6) is 11.5 Å². The number of aromatic nitrogens is 1. The topological polar surface area (TPSA) is 109 Å². The highest BCUT2D eigenvalue weighted by molar-refractivity contribution is 5.99. The number of ketones is 1. The molecule has 0 bridgehead atoms. The molecule has 28 heavy (non-hydrogen) atoms. The highest BCUT2D eigenvalue weighted by Crippen LogP contribution is 2.24. The van der Waals surface area contributed by atoms with E-state index in [0.29, 0.717) is 22.6 Å². The molecule has 0 saturated heterocycles. The van der Waals surface area contributed by atoms with E-state index in [-0.39, 0.29) is 18.1 Å². The molecule has 2 aromatic carbocycles. The van der Waals surface area contributed by atoms with E-state index in [2.05, 4.69) is 4.98 Å². The minimum absolute atomic E-state index is 0.0328. The van der Waals surface area contributed by atoms with Gasteiger partial charge in [-0.15, -0.1) is 0 Å². The van der Waals surface area contributed by atoms with Gasteiger partial charge in [0.1, 0.15) is 11.5 Å². The summed E-state index contributed by atoms with van der Waals surface area (Å²) in [5.74, 6) is -0.0756. The Bertz CT molecular complexity index is 985. The third kappa shape index (κ3) is 4.76. The summed E-state index contributed by atoms with van der Waals surface area (Å²) < 4.78 is 10.6. The van der Waals surface area contributed by atoms with Gasteiger partial charge in [0.15, 0.2) is 12.4 Å². The van der Waals surface area contributed by atoms with Crippen molar-refractivity contribution >= 4 is 17.4 Å². The summed E-state index contributed by atoms with van der Waals surface area (Å²) in [5, 5.41) is 10.6. The molecular weight excluding hydrogens is 364 g/mol. The van der Waals surface area contributed by atoms with Gasteiger partial charge < -0.3 is 9.47 Å². The summed E-state index contributed by atoms with van der Waals surface area (Å²) in [7, 11) is 0. The molecule has 1 heterocycles. The Morgan fingerprint density at radius 1 is 0.857 bits per heavy atom. The van der Waals surface area contributed by atoms with Crippen molar-refractivity contribution in [2.24, 2.45) is 0 Å². The van der Waals surface area contributed by atoms with Crippen LogP contribution in [-0.2, 0) is 4.74 Å². The number of non-ortho nitro benzene ring substituents is 1. The number of pyridine rings is 1. The Morgan fingerprint density at radius 3 is 2.00 bits per heavy atom. The first-order valence-corrected chi connectivity index (χ1v) is 8.15. The molecule has 0 aliphatic carbocycles. The van der Waals surface area contributed by atoms with Gasteiger partial charge in [-0.25, -0.2) is 4.79 Å². The summed E-state index contributed by atoms with van der Waals surface area (Å²) in [4.78, 5) is 38.0. The first kappa shape index (κ1) is 18.7. The highest BCUT2D eigenvalue weighted by atomic mass is 16.6. The van der Waals surface area contributed by atoms with Crippen LogP contribution in [-0.4, -0.2) is 28.3 Å². The molecule has 3 rings (SSSR count). The average molecular weight is 378 g/mol. The molecular formula is C20H14N2O6. The van der Waals surface area contributed by atoms with Crippen molar-refractivity contribution in [3.05, 3.63) is 94.3 Å². The summed E-state index contributed by atoms with van der Waals surface area (Å²) in [6, 6.07) is 14.9. The lowest BCUT2D eigenvalue weighted by atomic mass is 10.1. The molecule has 0 atom stereocenters. The number of esters is 1. The van der Waals surface area contributed by atoms with Crippen LogP contribution in [0.25, 0.3) is 0 Å². The van der Waals surface area contributed by atoms with Crippen molar-refractivity contribution < 1.29 is 24.0 Å². The second-order valence-electron chi connectivity index (χ2n) is 5.61. The molecule has 3 aromatic rings. The fourth-order valence-corrected chi connectivity index (χ4v) is 2.27. The van der Waals surface area contributed by atoms with Gasteiger partial charge in [-0.3, -0.25) is 19.9 Å². The fourth-order valence-electron chi connectivity index (χ4n) is 2.27. The zero-order valence-electron chi connectivity index (χ0n) is 14.5. The van der Waals surface area contributed by atoms with Crippen molar-refractivity contribution in [1.82, 2.24) is 4.98 Å². The Hall–Kier alpha value is -4.07. The van der Waals surface area contributed by atoms with Gasteiger partial charge >= 0.3 is 5.97 Å². The molecule has 8 heteroatoms. The van der Waals surface area contributed by atoms with Crippen molar-refractivity contribution in [2.45, 2.75) is 0 Å². The van der Waals surface area contributed by atoms with Crippen LogP contribution in [0.1, 0.15) is 20.7 Å². The molecule has 0 saturated carbocycles. The van der Waals surface area contributed by atoms with Gasteiger partial charge in [-0.2, -0.15) is 0 Å². The van der Waals surface area contributed by atoms with E-state index < -0.39 is 10.9 Å². The first-order chi connectivity index (χ1) is 13.5. The number of ether oxygens (including phenoxy) is 2. The van der Waals surface area contributed by atoms with Gasteiger partial charge in [0.05, 0.1) is 10.5 Å². The minimum Gasteiger partial charge on any atom is -0.457 e. The number of rotatable bonds is 7. The Morgan fingerprint density at radius 2 is 1.43 bits per heavy atom. The Labute approximate surface area is 159 Å². The van der Waals surface area contributed by atoms with Gasteiger partial charge in [0.2, 0.25) is 0 Å².